The number of aromatic nitrogens is 4. The number of carbonyl (C=O) groups excluding carboxylic acids is 1. The molecule has 3 heterocycles. The first-order valence-electron chi connectivity index (χ1n) is 10.7. The molecule has 0 atom stereocenters. The van der Waals surface area contributed by atoms with Crippen LogP contribution in [0.3, 0.4) is 0 Å². The van der Waals surface area contributed by atoms with Gasteiger partial charge in [-0.05, 0) is 42.8 Å². The van der Waals surface area contributed by atoms with Crippen molar-refractivity contribution in [1.29, 1.82) is 0 Å². The molecular weight excluding hydrogens is 436 g/mol. The predicted molar refractivity (Wildman–Crippen MR) is 129 cm³/mol. The maximum atomic E-state index is 13.3. The fourth-order valence-electron chi connectivity index (χ4n) is 4.17. The first-order valence-corrected chi connectivity index (χ1v) is 11.6. The molecule has 0 N–H and O–H groups in total. The van der Waals surface area contributed by atoms with Gasteiger partial charge in [0, 0.05) is 12.1 Å². The molecule has 166 valence electrons. The SMILES string of the molecule is Cc1ccc(C(=O)Cn2nc3n(CCc4ccccc4)c(=O)c4sccc4n3c2=O)c(C)c1. The molecule has 8 heteroatoms. The van der Waals surface area contributed by atoms with Gasteiger partial charge in [0.05, 0.1) is 5.52 Å². The molecule has 0 amide bonds. The Morgan fingerprint density at radius 1 is 1.03 bits per heavy atom. The minimum atomic E-state index is -0.431. The van der Waals surface area contributed by atoms with E-state index in [1.54, 1.807) is 17.5 Å². The maximum absolute atomic E-state index is 13.3. The van der Waals surface area contributed by atoms with Gasteiger partial charge in [-0.25, -0.2) is 13.9 Å². The lowest BCUT2D eigenvalue weighted by Gasteiger charge is -2.08. The van der Waals surface area contributed by atoms with Gasteiger partial charge >= 0.3 is 5.69 Å². The molecule has 0 aliphatic rings. The number of hydrogen-bond acceptors (Lipinski definition) is 5. The Morgan fingerprint density at radius 2 is 1.82 bits per heavy atom. The first-order chi connectivity index (χ1) is 15.9. The van der Waals surface area contributed by atoms with E-state index in [0.717, 1.165) is 21.4 Å². The van der Waals surface area contributed by atoms with Crippen LogP contribution in [0.2, 0.25) is 0 Å². The number of rotatable bonds is 6. The number of Topliss-reactive ketones (excluding diaryl/α,β-unsaturated/α-hetero) is 1. The summed E-state index contributed by atoms with van der Waals surface area (Å²) in [5.74, 6) is 0.0537. The Kier molecular flexibility index (Phi) is 5.30. The van der Waals surface area contributed by atoms with E-state index in [-0.39, 0.29) is 23.7 Å². The summed E-state index contributed by atoms with van der Waals surface area (Å²) >= 11 is 1.30. The van der Waals surface area contributed by atoms with Gasteiger partial charge < -0.3 is 0 Å². The predicted octanol–water partition coefficient (Wildman–Crippen LogP) is 3.61. The molecule has 0 spiro atoms. The lowest BCUT2D eigenvalue weighted by atomic mass is 10.0. The maximum Gasteiger partial charge on any atom is 0.352 e. The highest BCUT2D eigenvalue weighted by atomic mass is 32.1. The highest BCUT2D eigenvalue weighted by Crippen LogP contribution is 2.18. The average molecular weight is 459 g/mol. The summed E-state index contributed by atoms with van der Waals surface area (Å²) in [6.07, 6.45) is 0.621. The molecule has 0 saturated carbocycles. The van der Waals surface area contributed by atoms with Gasteiger partial charge in [0.15, 0.2) is 5.78 Å². The summed E-state index contributed by atoms with van der Waals surface area (Å²) in [6, 6.07) is 17.2. The van der Waals surface area contributed by atoms with Crippen LogP contribution in [0.25, 0.3) is 16.0 Å². The Bertz CT molecular complexity index is 1620. The summed E-state index contributed by atoms with van der Waals surface area (Å²) < 4.78 is 4.63. The van der Waals surface area contributed by atoms with Crippen LogP contribution in [0.15, 0.2) is 69.6 Å². The molecule has 0 fully saturated rings. The number of fused-ring (bicyclic) bond motifs is 3. The van der Waals surface area contributed by atoms with Crippen molar-refractivity contribution in [1.82, 2.24) is 18.7 Å². The van der Waals surface area contributed by atoms with E-state index in [1.807, 2.05) is 56.3 Å². The molecule has 0 aliphatic carbocycles. The third-order valence-corrected chi connectivity index (χ3v) is 6.72. The summed E-state index contributed by atoms with van der Waals surface area (Å²) in [5, 5.41) is 6.23. The van der Waals surface area contributed by atoms with Crippen molar-refractivity contribution in [2.24, 2.45) is 0 Å². The standard InChI is InChI=1S/C25H22N4O3S/c1-16-8-9-19(17(2)14-16)21(30)15-28-25(32)29-20-11-13-33-22(20)23(31)27(24(29)26-28)12-10-18-6-4-3-5-7-18/h3-9,11,13-14H,10,12,15H2,1-2H3. The van der Waals surface area contributed by atoms with Crippen molar-refractivity contribution in [3.63, 3.8) is 0 Å². The van der Waals surface area contributed by atoms with E-state index in [0.29, 0.717) is 28.7 Å². The van der Waals surface area contributed by atoms with Gasteiger partial charge in [0.2, 0.25) is 5.78 Å². The van der Waals surface area contributed by atoms with Crippen LogP contribution in [0.5, 0.6) is 0 Å². The molecule has 0 unspecified atom stereocenters. The summed E-state index contributed by atoms with van der Waals surface area (Å²) in [4.78, 5) is 39.5. The number of carbonyl (C=O) groups is 1. The van der Waals surface area contributed by atoms with Crippen LogP contribution in [-0.2, 0) is 19.5 Å². The second kappa shape index (κ2) is 8.29. The number of aryl methyl sites for hydroxylation is 4. The van der Waals surface area contributed by atoms with Crippen LogP contribution < -0.4 is 11.2 Å². The molecule has 5 aromatic rings. The second-order valence-corrected chi connectivity index (χ2v) is 9.06. The zero-order valence-electron chi connectivity index (χ0n) is 18.3. The van der Waals surface area contributed by atoms with Gasteiger partial charge in [0.25, 0.3) is 5.56 Å². The van der Waals surface area contributed by atoms with Crippen molar-refractivity contribution >= 4 is 33.1 Å². The highest BCUT2D eigenvalue weighted by Gasteiger charge is 2.20. The monoisotopic (exact) mass is 458 g/mol. The molecule has 0 saturated heterocycles. The van der Waals surface area contributed by atoms with Crippen LogP contribution in [-0.4, -0.2) is 24.5 Å². The van der Waals surface area contributed by atoms with Crippen molar-refractivity contribution < 1.29 is 4.79 Å². The normalized spacial score (nSPS) is 11.5. The summed E-state index contributed by atoms with van der Waals surface area (Å²) in [6.45, 7) is 4.03. The Balaban J connectivity index is 1.60. The minimum Gasteiger partial charge on any atom is -0.292 e. The van der Waals surface area contributed by atoms with Gasteiger partial charge in [-0.15, -0.1) is 16.4 Å². The number of benzene rings is 2. The molecule has 0 bridgehead atoms. The summed E-state index contributed by atoms with van der Waals surface area (Å²) in [5.41, 5.74) is 3.48. The fraction of sp³-hybridized carbons (Fsp3) is 0.200. The van der Waals surface area contributed by atoms with Crippen molar-refractivity contribution in [2.75, 3.05) is 0 Å². The van der Waals surface area contributed by atoms with Crippen LogP contribution in [0.1, 0.15) is 27.0 Å². The van der Waals surface area contributed by atoms with Crippen molar-refractivity contribution in [3.05, 3.63) is 103 Å². The highest BCUT2D eigenvalue weighted by molar-refractivity contribution is 7.17. The molecular formula is C25H22N4O3S. The molecule has 7 nitrogen and oxygen atoms in total. The third-order valence-electron chi connectivity index (χ3n) is 5.83. The van der Waals surface area contributed by atoms with Gasteiger partial charge in [0.1, 0.15) is 11.2 Å². The lowest BCUT2D eigenvalue weighted by Crippen LogP contribution is -2.27. The van der Waals surface area contributed by atoms with Crippen LogP contribution >= 0.6 is 11.3 Å². The number of thiophene rings is 1. The second-order valence-electron chi connectivity index (χ2n) is 8.14. The Morgan fingerprint density at radius 3 is 2.58 bits per heavy atom. The fourth-order valence-corrected chi connectivity index (χ4v) is 5.00. The Labute approximate surface area is 193 Å². The average Bonchev–Trinajstić information content (AvgIpc) is 3.39. The zero-order valence-corrected chi connectivity index (χ0v) is 19.1. The molecule has 5 rings (SSSR count). The smallest absolute Gasteiger partial charge is 0.292 e. The van der Waals surface area contributed by atoms with Crippen LogP contribution in [0, 0.1) is 13.8 Å². The third kappa shape index (κ3) is 3.72. The van der Waals surface area contributed by atoms with Gasteiger partial charge in [-0.2, -0.15) is 0 Å². The molecule has 0 aliphatic heterocycles. The minimum absolute atomic E-state index is 0.179. The number of hydrogen-bond donors (Lipinski definition) is 0. The number of nitrogens with zero attached hydrogens (tertiary/aromatic N) is 4. The van der Waals surface area contributed by atoms with E-state index < -0.39 is 5.69 Å². The molecule has 33 heavy (non-hydrogen) atoms. The zero-order chi connectivity index (χ0) is 23.1. The van der Waals surface area contributed by atoms with E-state index in [9.17, 15) is 14.4 Å². The van der Waals surface area contributed by atoms with E-state index >= 15 is 0 Å². The van der Waals surface area contributed by atoms with Crippen molar-refractivity contribution in [2.45, 2.75) is 33.4 Å². The topological polar surface area (TPSA) is 78.4 Å². The molecule has 0 radical (unpaired) electrons. The largest absolute Gasteiger partial charge is 0.352 e. The molecule has 2 aromatic carbocycles. The lowest BCUT2D eigenvalue weighted by molar-refractivity contribution is 0.0965. The van der Waals surface area contributed by atoms with Gasteiger partial charge in [-0.3, -0.25) is 14.2 Å². The quantitative estimate of drug-likeness (QED) is 0.364. The first kappa shape index (κ1) is 21.1. The van der Waals surface area contributed by atoms with E-state index in [2.05, 4.69) is 5.10 Å². The summed E-state index contributed by atoms with van der Waals surface area (Å²) in [7, 11) is 0. The Hall–Kier alpha value is -3.78. The van der Waals surface area contributed by atoms with E-state index in [1.165, 1.54) is 20.3 Å². The number of ketones is 1. The van der Waals surface area contributed by atoms with Gasteiger partial charge in [-0.1, -0.05) is 54.1 Å². The molecule has 3 aromatic heterocycles. The van der Waals surface area contributed by atoms with Crippen molar-refractivity contribution in [3.8, 4) is 0 Å². The van der Waals surface area contributed by atoms with Crippen LogP contribution in [0.4, 0.5) is 0 Å². The van der Waals surface area contributed by atoms with E-state index in [4.69, 9.17) is 0 Å².